The number of hydrogen-bond acceptors (Lipinski definition) is 2. The molecule has 3 aromatic rings. The average Bonchev–Trinajstić information content (AvgIpc) is 3.28. The van der Waals surface area contributed by atoms with E-state index in [1.54, 1.807) is 0 Å². The van der Waals surface area contributed by atoms with Crippen LogP contribution < -0.4 is 5.32 Å². The first-order chi connectivity index (χ1) is 14.4. The number of aromatic nitrogens is 2. The number of benzene rings is 2. The quantitative estimate of drug-likeness (QED) is 0.574. The van der Waals surface area contributed by atoms with Gasteiger partial charge < -0.3 is 5.32 Å². The summed E-state index contributed by atoms with van der Waals surface area (Å²) in [6.07, 6.45) is 4.91. The van der Waals surface area contributed by atoms with E-state index < -0.39 is 5.82 Å². The molecule has 0 aliphatic heterocycles. The fraction of sp³-hybridized carbons (Fsp3) is 0.250. The standard InChI is InChI=1S/C24H23ClFN3O/c1-15-23(16(2)29(28-15)14-17-6-4-3-5-7-17)18-8-10-20(12-18)27-24(30)19-9-11-22(26)21(25)13-19/h3-11,13,18,20H,12,14H2,1-2H3,(H,27,30)/t18-,20-/m1/s1. The Kier molecular flexibility index (Phi) is 5.73. The molecule has 1 aliphatic rings. The molecule has 0 spiro atoms. The number of aryl methyl sites for hydroxylation is 1. The Morgan fingerprint density at radius 3 is 2.70 bits per heavy atom. The summed E-state index contributed by atoms with van der Waals surface area (Å²) in [4.78, 5) is 12.5. The number of rotatable bonds is 5. The van der Waals surface area contributed by atoms with Crippen LogP contribution in [0.5, 0.6) is 0 Å². The van der Waals surface area contributed by atoms with Crippen LogP contribution in [0.3, 0.4) is 0 Å². The van der Waals surface area contributed by atoms with E-state index in [0.717, 1.165) is 24.4 Å². The van der Waals surface area contributed by atoms with Crippen molar-refractivity contribution in [3.8, 4) is 0 Å². The summed E-state index contributed by atoms with van der Waals surface area (Å²) in [7, 11) is 0. The van der Waals surface area contributed by atoms with Crippen LogP contribution in [0.25, 0.3) is 0 Å². The van der Waals surface area contributed by atoms with E-state index in [1.165, 1.54) is 29.3 Å². The topological polar surface area (TPSA) is 46.9 Å². The fourth-order valence-corrected chi connectivity index (χ4v) is 4.25. The van der Waals surface area contributed by atoms with Crippen molar-refractivity contribution >= 4 is 17.5 Å². The minimum absolute atomic E-state index is 0.0560. The number of carbonyl (C=O) groups excluding carboxylic acids is 1. The maximum absolute atomic E-state index is 13.3. The number of amides is 1. The molecule has 0 saturated carbocycles. The number of allylic oxidation sites excluding steroid dienone is 1. The minimum Gasteiger partial charge on any atom is -0.346 e. The first kappa shape index (κ1) is 20.4. The molecule has 4 rings (SSSR count). The van der Waals surface area contributed by atoms with Crippen molar-refractivity contribution in [1.29, 1.82) is 0 Å². The second-order valence-electron chi connectivity index (χ2n) is 7.66. The van der Waals surface area contributed by atoms with Gasteiger partial charge in [-0.25, -0.2) is 4.39 Å². The van der Waals surface area contributed by atoms with Crippen molar-refractivity contribution in [3.63, 3.8) is 0 Å². The first-order valence-electron chi connectivity index (χ1n) is 9.94. The van der Waals surface area contributed by atoms with E-state index in [2.05, 4.69) is 30.4 Å². The highest BCUT2D eigenvalue weighted by atomic mass is 35.5. The molecule has 1 heterocycles. The molecular formula is C24H23ClFN3O. The zero-order valence-corrected chi connectivity index (χ0v) is 17.7. The zero-order valence-electron chi connectivity index (χ0n) is 16.9. The lowest BCUT2D eigenvalue weighted by Crippen LogP contribution is -2.32. The van der Waals surface area contributed by atoms with E-state index in [-0.39, 0.29) is 22.9 Å². The van der Waals surface area contributed by atoms with Gasteiger partial charge in [-0.05, 0) is 44.0 Å². The smallest absolute Gasteiger partial charge is 0.251 e. The van der Waals surface area contributed by atoms with Crippen LogP contribution in [0.15, 0.2) is 60.7 Å². The lowest BCUT2D eigenvalue weighted by Gasteiger charge is -2.15. The number of nitrogens with zero attached hydrogens (tertiary/aromatic N) is 2. The van der Waals surface area contributed by atoms with Crippen molar-refractivity contribution < 1.29 is 9.18 Å². The third kappa shape index (κ3) is 4.17. The fourth-order valence-electron chi connectivity index (χ4n) is 4.07. The average molecular weight is 424 g/mol. The molecule has 4 nitrogen and oxygen atoms in total. The molecule has 0 bridgehead atoms. The maximum Gasteiger partial charge on any atom is 0.251 e. The number of nitrogens with one attached hydrogen (secondary N) is 1. The van der Waals surface area contributed by atoms with Crippen LogP contribution in [0.4, 0.5) is 4.39 Å². The van der Waals surface area contributed by atoms with Crippen molar-refractivity contribution in [1.82, 2.24) is 15.1 Å². The Labute approximate surface area is 180 Å². The lowest BCUT2D eigenvalue weighted by molar-refractivity contribution is 0.0943. The van der Waals surface area contributed by atoms with Crippen LogP contribution in [-0.4, -0.2) is 21.7 Å². The molecule has 154 valence electrons. The van der Waals surface area contributed by atoms with E-state index in [9.17, 15) is 9.18 Å². The van der Waals surface area contributed by atoms with Crippen molar-refractivity contribution in [2.45, 2.75) is 38.8 Å². The van der Waals surface area contributed by atoms with Gasteiger partial charge in [-0.15, -0.1) is 0 Å². The van der Waals surface area contributed by atoms with Gasteiger partial charge >= 0.3 is 0 Å². The molecule has 0 saturated heterocycles. The van der Waals surface area contributed by atoms with Crippen molar-refractivity contribution in [2.75, 3.05) is 0 Å². The number of halogens is 2. The molecule has 0 fully saturated rings. The molecule has 2 atom stereocenters. The summed E-state index contributed by atoms with van der Waals surface area (Å²) in [5.41, 5.74) is 4.92. The van der Waals surface area contributed by atoms with E-state index in [1.807, 2.05) is 35.9 Å². The number of carbonyl (C=O) groups is 1. The zero-order chi connectivity index (χ0) is 21.3. The third-order valence-corrected chi connectivity index (χ3v) is 5.85. The van der Waals surface area contributed by atoms with Gasteiger partial charge in [-0.2, -0.15) is 5.10 Å². The molecule has 6 heteroatoms. The molecule has 1 N–H and O–H groups in total. The van der Waals surface area contributed by atoms with Crippen LogP contribution in [0.1, 0.15) is 45.2 Å². The molecular weight excluding hydrogens is 401 g/mol. The number of hydrogen-bond donors (Lipinski definition) is 1. The largest absolute Gasteiger partial charge is 0.346 e. The van der Waals surface area contributed by atoms with E-state index in [4.69, 9.17) is 16.7 Å². The predicted octanol–water partition coefficient (Wildman–Crippen LogP) is 5.18. The summed E-state index contributed by atoms with van der Waals surface area (Å²) >= 11 is 5.79. The second-order valence-corrected chi connectivity index (χ2v) is 8.07. The third-order valence-electron chi connectivity index (χ3n) is 5.57. The molecule has 0 radical (unpaired) electrons. The SMILES string of the molecule is Cc1nn(Cc2ccccc2)c(C)c1[C@@H]1C=C[C@@H](NC(=O)c2ccc(F)c(Cl)c2)C1. The highest BCUT2D eigenvalue weighted by Gasteiger charge is 2.27. The molecule has 30 heavy (non-hydrogen) atoms. The van der Waals surface area contributed by atoms with E-state index >= 15 is 0 Å². The van der Waals surface area contributed by atoms with Crippen LogP contribution in [-0.2, 0) is 6.54 Å². The van der Waals surface area contributed by atoms with Gasteiger partial charge in [0.1, 0.15) is 5.82 Å². The summed E-state index contributed by atoms with van der Waals surface area (Å²) < 4.78 is 15.4. The predicted molar refractivity (Wildman–Crippen MR) is 116 cm³/mol. The minimum atomic E-state index is -0.535. The summed E-state index contributed by atoms with van der Waals surface area (Å²) in [6.45, 7) is 4.86. The highest BCUT2D eigenvalue weighted by molar-refractivity contribution is 6.31. The summed E-state index contributed by atoms with van der Waals surface area (Å²) in [6, 6.07) is 14.2. The Morgan fingerprint density at radius 1 is 1.20 bits per heavy atom. The van der Waals surface area contributed by atoms with Crippen LogP contribution in [0, 0.1) is 19.7 Å². The Balaban J connectivity index is 1.45. The molecule has 1 aliphatic carbocycles. The Hall–Kier alpha value is -2.92. The molecule has 1 amide bonds. The van der Waals surface area contributed by atoms with Crippen molar-refractivity contribution in [3.05, 3.63) is 99.6 Å². The molecule has 1 aromatic heterocycles. The first-order valence-corrected chi connectivity index (χ1v) is 10.3. The monoisotopic (exact) mass is 423 g/mol. The van der Waals surface area contributed by atoms with Crippen molar-refractivity contribution in [2.24, 2.45) is 0 Å². The Morgan fingerprint density at radius 2 is 1.97 bits per heavy atom. The maximum atomic E-state index is 13.3. The van der Waals surface area contributed by atoms with Gasteiger partial charge in [0.25, 0.3) is 5.91 Å². The highest BCUT2D eigenvalue weighted by Crippen LogP contribution is 2.33. The normalized spacial score (nSPS) is 18.0. The summed E-state index contributed by atoms with van der Waals surface area (Å²) in [5.74, 6) is -0.607. The second kappa shape index (κ2) is 8.44. The van der Waals surface area contributed by atoms with Gasteiger partial charge in [0.05, 0.1) is 17.3 Å². The van der Waals surface area contributed by atoms with Crippen LogP contribution in [0.2, 0.25) is 5.02 Å². The summed E-state index contributed by atoms with van der Waals surface area (Å²) in [5, 5.41) is 7.68. The van der Waals surface area contributed by atoms with Gasteiger partial charge in [-0.1, -0.05) is 54.1 Å². The Bertz CT molecular complexity index is 1110. The van der Waals surface area contributed by atoms with Gasteiger partial charge in [0.2, 0.25) is 0 Å². The molecule has 0 unspecified atom stereocenters. The van der Waals surface area contributed by atoms with Crippen LogP contribution >= 0.6 is 11.6 Å². The molecule has 2 aromatic carbocycles. The lowest BCUT2D eigenvalue weighted by atomic mass is 9.96. The van der Waals surface area contributed by atoms with Gasteiger partial charge in [0.15, 0.2) is 0 Å². The van der Waals surface area contributed by atoms with Gasteiger partial charge in [-0.3, -0.25) is 9.48 Å². The van der Waals surface area contributed by atoms with Gasteiger partial charge in [0, 0.05) is 28.8 Å². The van der Waals surface area contributed by atoms with E-state index in [0.29, 0.717) is 5.56 Å².